The Balaban J connectivity index is 1.69. The number of carbonyl (C=O) groups is 3. The van der Waals surface area contributed by atoms with Gasteiger partial charge in [0, 0.05) is 16.3 Å². The van der Waals surface area contributed by atoms with Crippen molar-refractivity contribution in [2.24, 2.45) is 15.3 Å². The van der Waals surface area contributed by atoms with E-state index in [2.05, 4.69) is 26.0 Å². The Hall–Kier alpha value is -3.79. The van der Waals surface area contributed by atoms with Crippen LogP contribution in [0.5, 0.6) is 0 Å². The van der Waals surface area contributed by atoms with E-state index in [1.54, 1.807) is 24.3 Å². The maximum atomic E-state index is 13.3. The normalized spacial score (nSPS) is 15.2. The van der Waals surface area contributed by atoms with Gasteiger partial charge in [-0.2, -0.15) is 15.2 Å². The van der Waals surface area contributed by atoms with Crippen molar-refractivity contribution in [1.29, 1.82) is 0 Å². The van der Waals surface area contributed by atoms with Crippen molar-refractivity contribution in [1.82, 2.24) is 5.32 Å². The molecule has 1 atom stereocenters. The lowest BCUT2D eigenvalue weighted by Gasteiger charge is -2.15. The minimum atomic E-state index is -1.28. The van der Waals surface area contributed by atoms with Crippen LogP contribution in [0.15, 0.2) is 76.0 Å². The molecule has 0 fully saturated rings. The van der Waals surface area contributed by atoms with Gasteiger partial charge in [-0.1, -0.05) is 58.6 Å². The summed E-state index contributed by atoms with van der Waals surface area (Å²) in [6.45, 7) is 1.93. The molecule has 0 bridgehead atoms. The van der Waals surface area contributed by atoms with E-state index in [1.165, 1.54) is 24.3 Å². The SMILES string of the molecule is Cc1ccc(N=NC2C(=O)N(c3c(Cl)cc(Cl)cc3Cl)N=C2NC(=O)c2cccc(NC=O)c2)cc1. The smallest absolute Gasteiger partial charge is 0.282 e. The summed E-state index contributed by atoms with van der Waals surface area (Å²) >= 11 is 18.6. The monoisotopic (exact) mass is 542 g/mol. The molecule has 0 aromatic heterocycles. The number of aryl methyl sites for hydroxylation is 1. The average Bonchev–Trinajstić information content (AvgIpc) is 3.13. The zero-order chi connectivity index (χ0) is 25.8. The van der Waals surface area contributed by atoms with Gasteiger partial charge in [-0.05, 0) is 49.4 Å². The highest BCUT2D eigenvalue weighted by Crippen LogP contribution is 2.38. The molecule has 0 saturated carbocycles. The molecule has 0 aliphatic carbocycles. The van der Waals surface area contributed by atoms with Crippen LogP contribution in [0.1, 0.15) is 15.9 Å². The van der Waals surface area contributed by atoms with E-state index in [9.17, 15) is 14.4 Å². The number of amidine groups is 1. The van der Waals surface area contributed by atoms with Crippen LogP contribution in [0.4, 0.5) is 17.1 Å². The molecule has 1 aliphatic heterocycles. The number of hydrogen-bond donors (Lipinski definition) is 2. The molecular weight excluding hydrogens is 527 g/mol. The third kappa shape index (κ3) is 5.54. The highest BCUT2D eigenvalue weighted by Gasteiger charge is 2.40. The molecule has 12 heteroatoms. The Morgan fingerprint density at radius 1 is 1.06 bits per heavy atom. The van der Waals surface area contributed by atoms with Crippen LogP contribution in [0.3, 0.4) is 0 Å². The first kappa shape index (κ1) is 25.3. The van der Waals surface area contributed by atoms with Crippen LogP contribution in [-0.4, -0.2) is 30.1 Å². The number of hydrogen-bond acceptors (Lipinski definition) is 6. The molecule has 2 N–H and O–H groups in total. The Kier molecular flexibility index (Phi) is 7.64. The van der Waals surface area contributed by atoms with E-state index in [0.29, 0.717) is 17.8 Å². The summed E-state index contributed by atoms with van der Waals surface area (Å²) in [5.74, 6) is -1.30. The predicted molar refractivity (Wildman–Crippen MR) is 139 cm³/mol. The number of benzene rings is 3. The standard InChI is InChI=1S/C24H17Cl3N6O3/c1-13-5-7-16(8-6-13)30-31-20-22(29-23(35)14-3-2-4-17(9-14)28-12-34)32-33(24(20)36)21-18(26)10-15(25)11-19(21)27/h2-12,20H,1H3,(H,28,34)(H,29,32,35). The van der Waals surface area contributed by atoms with Crippen LogP contribution in [0, 0.1) is 6.92 Å². The fraction of sp³-hybridized carbons (Fsp3) is 0.0833. The molecule has 3 aromatic carbocycles. The van der Waals surface area contributed by atoms with E-state index < -0.39 is 17.9 Å². The number of halogens is 3. The van der Waals surface area contributed by atoms with Crippen LogP contribution in [0.2, 0.25) is 15.1 Å². The number of nitrogens with one attached hydrogen (secondary N) is 2. The van der Waals surface area contributed by atoms with E-state index in [4.69, 9.17) is 34.8 Å². The zero-order valence-corrected chi connectivity index (χ0v) is 20.8. The van der Waals surface area contributed by atoms with Gasteiger partial charge in [0.15, 0.2) is 5.84 Å². The number of anilines is 2. The zero-order valence-electron chi connectivity index (χ0n) is 18.6. The highest BCUT2D eigenvalue weighted by molar-refractivity contribution is 6.43. The van der Waals surface area contributed by atoms with Crippen molar-refractivity contribution in [3.05, 3.63) is 86.9 Å². The summed E-state index contributed by atoms with van der Waals surface area (Å²) in [7, 11) is 0. The minimum Gasteiger partial charge on any atom is -0.329 e. The van der Waals surface area contributed by atoms with E-state index in [0.717, 1.165) is 10.6 Å². The van der Waals surface area contributed by atoms with Gasteiger partial charge in [-0.3, -0.25) is 14.4 Å². The number of nitrogens with zero attached hydrogens (tertiary/aromatic N) is 4. The van der Waals surface area contributed by atoms with Crippen LogP contribution in [-0.2, 0) is 9.59 Å². The van der Waals surface area contributed by atoms with Crippen molar-refractivity contribution >= 4 is 75.9 Å². The Labute approximate surface area is 220 Å². The van der Waals surface area contributed by atoms with E-state index in [1.807, 2.05) is 19.1 Å². The lowest BCUT2D eigenvalue weighted by atomic mass is 10.1. The molecular formula is C24H17Cl3N6O3. The van der Waals surface area contributed by atoms with Gasteiger partial charge in [-0.25, -0.2) is 0 Å². The maximum Gasteiger partial charge on any atom is 0.282 e. The number of azo groups is 1. The highest BCUT2D eigenvalue weighted by atomic mass is 35.5. The molecule has 9 nitrogen and oxygen atoms in total. The van der Waals surface area contributed by atoms with Crippen molar-refractivity contribution in [2.45, 2.75) is 13.0 Å². The summed E-state index contributed by atoms with van der Waals surface area (Å²) in [4.78, 5) is 37.0. The van der Waals surface area contributed by atoms with Gasteiger partial charge in [0.1, 0.15) is 5.69 Å². The lowest BCUT2D eigenvalue weighted by Crippen LogP contribution is -2.39. The minimum absolute atomic E-state index is 0.0824. The fourth-order valence-electron chi connectivity index (χ4n) is 3.28. The van der Waals surface area contributed by atoms with Gasteiger partial charge in [-0.15, -0.1) is 5.10 Å². The number of amides is 3. The Bertz CT molecular complexity index is 1390. The second kappa shape index (κ2) is 10.9. The first-order valence-electron chi connectivity index (χ1n) is 10.4. The fourth-order valence-corrected chi connectivity index (χ4v) is 4.26. The van der Waals surface area contributed by atoms with Gasteiger partial charge in [0.2, 0.25) is 12.5 Å². The number of hydrazone groups is 1. The number of carbonyl (C=O) groups excluding carboxylic acids is 3. The molecule has 182 valence electrons. The first-order chi connectivity index (χ1) is 17.3. The molecule has 0 saturated heterocycles. The molecule has 3 aromatic rings. The van der Waals surface area contributed by atoms with Crippen LogP contribution >= 0.6 is 34.8 Å². The summed E-state index contributed by atoms with van der Waals surface area (Å²) in [5, 5.41) is 19.0. The molecule has 0 radical (unpaired) electrons. The first-order valence-corrected chi connectivity index (χ1v) is 11.6. The van der Waals surface area contributed by atoms with Crippen molar-refractivity contribution in [3.8, 4) is 0 Å². The molecule has 36 heavy (non-hydrogen) atoms. The lowest BCUT2D eigenvalue weighted by molar-refractivity contribution is -0.117. The Morgan fingerprint density at radius 3 is 2.42 bits per heavy atom. The maximum absolute atomic E-state index is 13.3. The largest absolute Gasteiger partial charge is 0.329 e. The van der Waals surface area contributed by atoms with Gasteiger partial charge in [0.25, 0.3) is 11.8 Å². The summed E-state index contributed by atoms with van der Waals surface area (Å²) in [5.41, 5.74) is 2.26. The topological polar surface area (TPSA) is 116 Å². The Morgan fingerprint density at radius 2 is 1.75 bits per heavy atom. The third-order valence-corrected chi connectivity index (χ3v) is 5.81. The second-order valence-electron chi connectivity index (χ2n) is 7.60. The molecule has 3 amide bonds. The van der Waals surface area contributed by atoms with Crippen LogP contribution in [0.25, 0.3) is 0 Å². The van der Waals surface area contributed by atoms with Gasteiger partial charge in [0.05, 0.1) is 15.7 Å². The van der Waals surface area contributed by atoms with Gasteiger partial charge < -0.3 is 10.6 Å². The van der Waals surface area contributed by atoms with Crippen molar-refractivity contribution < 1.29 is 14.4 Å². The van der Waals surface area contributed by atoms with Gasteiger partial charge >= 0.3 is 0 Å². The quantitative estimate of drug-likeness (QED) is 0.304. The third-order valence-electron chi connectivity index (χ3n) is 5.02. The predicted octanol–water partition coefficient (Wildman–Crippen LogP) is 5.77. The molecule has 1 heterocycles. The van der Waals surface area contributed by atoms with E-state index in [-0.39, 0.29) is 32.2 Å². The van der Waals surface area contributed by atoms with E-state index >= 15 is 0 Å². The summed E-state index contributed by atoms with van der Waals surface area (Å²) in [6.07, 6.45) is 0.496. The molecule has 1 aliphatic rings. The average molecular weight is 544 g/mol. The summed E-state index contributed by atoms with van der Waals surface area (Å²) < 4.78 is 0. The van der Waals surface area contributed by atoms with Crippen LogP contribution < -0.4 is 15.6 Å². The molecule has 1 unspecified atom stereocenters. The summed E-state index contributed by atoms with van der Waals surface area (Å²) in [6, 6.07) is 14.9. The van der Waals surface area contributed by atoms with Crippen molar-refractivity contribution in [3.63, 3.8) is 0 Å². The second-order valence-corrected chi connectivity index (χ2v) is 8.85. The molecule has 0 spiro atoms. The van der Waals surface area contributed by atoms with Crippen molar-refractivity contribution in [2.75, 3.05) is 10.3 Å². The molecule has 4 rings (SSSR count). The number of rotatable bonds is 6.